The molecule has 6 heteroatoms. The summed E-state index contributed by atoms with van der Waals surface area (Å²) in [5.41, 5.74) is 4.06. The molecule has 5 nitrogen and oxygen atoms in total. The molecule has 0 unspecified atom stereocenters. The number of aromatic nitrogens is 1. The molecule has 0 saturated heterocycles. The molecule has 1 N–H and O–H groups in total. The van der Waals surface area contributed by atoms with Crippen LogP contribution in [0.15, 0.2) is 30.6 Å². The highest BCUT2D eigenvalue weighted by atomic mass is 35.5. The summed E-state index contributed by atoms with van der Waals surface area (Å²) in [5, 5.41) is 3.48. The van der Waals surface area contributed by atoms with E-state index >= 15 is 0 Å². The number of carbonyl (C=O) groups is 2. The smallest absolute Gasteiger partial charge is 0.257 e. The topological polar surface area (TPSA) is 62.3 Å². The Bertz CT molecular complexity index is 820. The molecule has 2 heterocycles. The van der Waals surface area contributed by atoms with Crippen LogP contribution in [0.2, 0.25) is 5.02 Å². The van der Waals surface area contributed by atoms with Gasteiger partial charge in [0, 0.05) is 43.1 Å². The molecule has 0 bridgehead atoms. The highest BCUT2D eigenvalue weighted by molar-refractivity contribution is 6.31. The molecule has 0 atom stereocenters. The lowest BCUT2D eigenvalue weighted by Crippen LogP contribution is -2.35. The van der Waals surface area contributed by atoms with Gasteiger partial charge in [-0.2, -0.15) is 0 Å². The Morgan fingerprint density at radius 2 is 2.08 bits per heavy atom. The van der Waals surface area contributed by atoms with Crippen LogP contribution < -0.4 is 5.32 Å². The van der Waals surface area contributed by atoms with Gasteiger partial charge in [-0.05, 0) is 42.2 Å². The zero-order valence-electron chi connectivity index (χ0n) is 13.6. The molecule has 0 spiro atoms. The molecule has 1 aliphatic rings. The van der Waals surface area contributed by atoms with Gasteiger partial charge in [0.05, 0.1) is 5.56 Å². The van der Waals surface area contributed by atoms with Crippen LogP contribution in [0.3, 0.4) is 0 Å². The summed E-state index contributed by atoms with van der Waals surface area (Å²) in [6, 6.07) is 5.38. The van der Waals surface area contributed by atoms with Crippen molar-refractivity contribution in [3.8, 4) is 0 Å². The summed E-state index contributed by atoms with van der Waals surface area (Å²) < 4.78 is 0. The zero-order valence-corrected chi connectivity index (χ0v) is 14.4. The Balaban J connectivity index is 1.88. The van der Waals surface area contributed by atoms with Gasteiger partial charge in [-0.25, -0.2) is 0 Å². The first-order valence-corrected chi connectivity index (χ1v) is 8.12. The number of rotatable bonds is 2. The first-order chi connectivity index (χ1) is 11.5. The van der Waals surface area contributed by atoms with Crippen LogP contribution in [-0.2, 0) is 17.8 Å². The average molecular weight is 344 g/mol. The highest BCUT2D eigenvalue weighted by Crippen LogP contribution is 2.24. The van der Waals surface area contributed by atoms with E-state index in [9.17, 15) is 9.59 Å². The number of nitrogens with zero attached hydrogens (tertiary/aromatic N) is 2. The van der Waals surface area contributed by atoms with Gasteiger partial charge in [0.1, 0.15) is 0 Å². The maximum atomic E-state index is 12.7. The molecule has 0 fully saturated rings. The quantitative estimate of drug-likeness (QED) is 0.910. The molecule has 0 radical (unpaired) electrons. The van der Waals surface area contributed by atoms with Crippen molar-refractivity contribution in [2.24, 2.45) is 0 Å². The number of carbonyl (C=O) groups excluding carboxylic acids is 2. The maximum Gasteiger partial charge on any atom is 0.257 e. The number of hydrogen-bond donors (Lipinski definition) is 1. The van der Waals surface area contributed by atoms with E-state index in [1.54, 1.807) is 36.4 Å². The molecule has 1 aromatic heterocycles. The average Bonchev–Trinajstić information content (AvgIpc) is 2.57. The second-order valence-corrected chi connectivity index (χ2v) is 6.37. The fraction of sp³-hybridized carbons (Fsp3) is 0.278. The first kappa shape index (κ1) is 16.5. The fourth-order valence-corrected chi connectivity index (χ4v) is 3.05. The number of fused-ring (bicyclic) bond motifs is 1. The van der Waals surface area contributed by atoms with Gasteiger partial charge in [-0.15, -0.1) is 0 Å². The molecule has 0 aliphatic carbocycles. The van der Waals surface area contributed by atoms with Crippen LogP contribution in [0.4, 0.5) is 5.69 Å². The van der Waals surface area contributed by atoms with E-state index in [1.807, 2.05) is 13.0 Å². The van der Waals surface area contributed by atoms with Crippen LogP contribution in [-0.4, -0.2) is 28.2 Å². The molecule has 1 aromatic carbocycles. The number of hydrogen-bond acceptors (Lipinski definition) is 3. The second kappa shape index (κ2) is 6.61. The summed E-state index contributed by atoms with van der Waals surface area (Å²) in [6.07, 6.45) is 3.96. The van der Waals surface area contributed by atoms with Crippen molar-refractivity contribution >= 4 is 29.1 Å². The number of benzene rings is 1. The zero-order chi connectivity index (χ0) is 17.3. The summed E-state index contributed by atoms with van der Waals surface area (Å²) in [7, 11) is 0. The Morgan fingerprint density at radius 1 is 1.29 bits per heavy atom. The number of nitrogens with one attached hydrogen (secondary N) is 1. The number of pyridine rings is 1. The van der Waals surface area contributed by atoms with E-state index in [0.717, 1.165) is 16.7 Å². The van der Waals surface area contributed by atoms with Crippen LogP contribution in [0.1, 0.15) is 34.0 Å². The monoisotopic (exact) mass is 343 g/mol. The largest absolute Gasteiger partial charge is 0.338 e. The number of anilines is 1. The summed E-state index contributed by atoms with van der Waals surface area (Å²) in [6.45, 7) is 4.57. The lowest BCUT2D eigenvalue weighted by Gasteiger charge is -2.28. The standard InChI is InChI=1S/C18H18ClN3O2/c1-11-3-4-14(19)7-17(11)21-18(24)16-9-20-8-13-10-22(12(2)23)6-5-15(13)16/h3-4,7-9H,5-6,10H2,1-2H3,(H,21,24). The molecule has 24 heavy (non-hydrogen) atoms. The third kappa shape index (κ3) is 3.26. The summed E-state index contributed by atoms with van der Waals surface area (Å²) in [5.74, 6) is -0.175. The third-order valence-electron chi connectivity index (χ3n) is 4.28. The van der Waals surface area contributed by atoms with Gasteiger partial charge in [-0.1, -0.05) is 17.7 Å². The molecular weight excluding hydrogens is 326 g/mol. The third-order valence-corrected chi connectivity index (χ3v) is 4.51. The summed E-state index contributed by atoms with van der Waals surface area (Å²) in [4.78, 5) is 30.2. The van der Waals surface area contributed by atoms with E-state index in [1.165, 1.54) is 0 Å². The minimum Gasteiger partial charge on any atom is -0.338 e. The van der Waals surface area contributed by atoms with Crippen molar-refractivity contribution in [3.63, 3.8) is 0 Å². The van der Waals surface area contributed by atoms with E-state index in [4.69, 9.17) is 11.6 Å². The van der Waals surface area contributed by atoms with Gasteiger partial charge >= 0.3 is 0 Å². The van der Waals surface area contributed by atoms with Gasteiger partial charge in [0.2, 0.25) is 5.91 Å². The SMILES string of the molecule is CC(=O)N1CCc2c(cncc2C(=O)Nc2cc(Cl)ccc2C)C1. The second-order valence-electron chi connectivity index (χ2n) is 5.93. The molecule has 2 amide bonds. The molecule has 1 aliphatic heterocycles. The fourth-order valence-electron chi connectivity index (χ4n) is 2.88. The Morgan fingerprint density at radius 3 is 2.83 bits per heavy atom. The van der Waals surface area contributed by atoms with Gasteiger partial charge in [0.25, 0.3) is 5.91 Å². The van der Waals surface area contributed by atoms with E-state index in [2.05, 4.69) is 10.3 Å². The van der Waals surface area contributed by atoms with Crippen molar-refractivity contribution in [2.75, 3.05) is 11.9 Å². The van der Waals surface area contributed by atoms with Crippen molar-refractivity contribution < 1.29 is 9.59 Å². The molecular formula is C18H18ClN3O2. The van der Waals surface area contributed by atoms with Crippen molar-refractivity contribution in [3.05, 3.63) is 57.9 Å². The van der Waals surface area contributed by atoms with Gasteiger partial charge < -0.3 is 10.2 Å². The number of aryl methyl sites for hydroxylation is 1. The van der Waals surface area contributed by atoms with Crippen LogP contribution in [0, 0.1) is 6.92 Å². The van der Waals surface area contributed by atoms with Gasteiger partial charge in [0.15, 0.2) is 0 Å². The van der Waals surface area contributed by atoms with Crippen molar-refractivity contribution in [1.82, 2.24) is 9.88 Å². The van der Waals surface area contributed by atoms with E-state index in [0.29, 0.717) is 35.8 Å². The van der Waals surface area contributed by atoms with Crippen molar-refractivity contribution in [2.45, 2.75) is 26.8 Å². The summed E-state index contributed by atoms with van der Waals surface area (Å²) >= 11 is 6.01. The van der Waals surface area contributed by atoms with Crippen LogP contribution in [0.5, 0.6) is 0 Å². The normalized spacial score (nSPS) is 13.4. The molecule has 2 aromatic rings. The maximum absolute atomic E-state index is 12.7. The highest BCUT2D eigenvalue weighted by Gasteiger charge is 2.23. The Labute approximate surface area is 145 Å². The minimum atomic E-state index is -0.207. The first-order valence-electron chi connectivity index (χ1n) is 7.74. The van der Waals surface area contributed by atoms with Crippen LogP contribution >= 0.6 is 11.6 Å². The molecule has 3 rings (SSSR count). The lowest BCUT2D eigenvalue weighted by atomic mass is 9.96. The predicted molar refractivity (Wildman–Crippen MR) is 93.2 cm³/mol. The van der Waals surface area contributed by atoms with Crippen molar-refractivity contribution in [1.29, 1.82) is 0 Å². The van der Waals surface area contributed by atoms with Gasteiger partial charge in [-0.3, -0.25) is 14.6 Å². The molecule has 124 valence electrons. The van der Waals surface area contributed by atoms with E-state index < -0.39 is 0 Å². The number of amides is 2. The van der Waals surface area contributed by atoms with E-state index in [-0.39, 0.29) is 11.8 Å². The molecule has 0 saturated carbocycles. The minimum absolute atomic E-state index is 0.0325. The Hall–Kier alpha value is -2.40. The predicted octanol–water partition coefficient (Wildman–Crippen LogP) is 3.20. The lowest BCUT2D eigenvalue weighted by molar-refractivity contribution is -0.129. The van der Waals surface area contributed by atoms with Crippen LogP contribution in [0.25, 0.3) is 0 Å². The number of halogens is 1. The Kier molecular flexibility index (Phi) is 4.53.